The van der Waals surface area contributed by atoms with Gasteiger partial charge in [0.05, 0.1) is 27.9 Å². The van der Waals surface area contributed by atoms with Crippen LogP contribution >= 0.6 is 11.6 Å². The number of hydrogen-bond donors (Lipinski definition) is 2. The molecule has 2 rings (SSSR count). The van der Waals surface area contributed by atoms with E-state index in [9.17, 15) is 14.9 Å². The molecule has 1 amide bonds. The summed E-state index contributed by atoms with van der Waals surface area (Å²) in [6.07, 6.45) is 1.45. The Labute approximate surface area is 124 Å². The summed E-state index contributed by atoms with van der Waals surface area (Å²) >= 11 is 5.71. The minimum atomic E-state index is -0.647. The van der Waals surface area contributed by atoms with Gasteiger partial charge in [-0.3, -0.25) is 19.9 Å². The van der Waals surface area contributed by atoms with E-state index in [1.807, 2.05) is 0 Å². The van der Waals surface area contributed by atoms with Crippen molar-refractivity contribution in [3.8, 4) is 0 Å². The highest BCUT2D eigenvalue weighted by atomic mass is 35.5. The molecular weight excluding hydrogens is 296 g/mol. The zero-order valence-corrected chi connectivity index (χ0v) is 11.5. The highest BCUT2D eigenvalue weighted by molar-refractivity contribution is 6.30. The number of pyridine rings is 1. The maximum absolute atomic E-state index is 12.1. The molecule has 0 aliphatic heterocycles. The molecule has 7 nitrogen and oxygen atoms in total. The zero-order chi connectivity index (χ0) is 15.4. The third kappa shape index (κ3) is 3.46. The van der Waals surface area contributed by atoms with Crippen molar-refractivity contribution in [3.05, 3.63) is 62.9 Å². The highest BCUT2D eigenvalue weighted by Crippen LogP contribution is 2.23. The lowest BCUT2D eigenvalue weighted by molar-refractivity contribution is -0.385. The third-order valence-electron chi connectivity index (χ3n) is 2.72. The number of hydrogen-bond acceptors (Lipinski definition) is 5. The maximum atomic E-state index is 12.1. The predicted octanol–water partition coefficient (Wildman–Crippen LogP) is 2.16. The Morgan fingerprint density at radius 3 is 2.76 bits per heavy atom. The molecule has 0 aliphatic rings. The van der Waals surface area contributed by atoms with Crippen LogP contribution in [-0.4, -0.2) is 15.8 Å². The SMILES string of the molecule is Nc1cccc([N+](=O)[O-])c1C(=O)NCc1ccc(Cl)cn1. The molecule has 21 heavy (non-hydrogen) atoms. The maximum Gasteiger partial charge on any atom is 0.284 e. The summed E-state index contributed by atoms with van der Waals surface area (Å²) in [5.41, 5.74) is 5.78. The lowest BCUT2D eigenvalue weighted by atomic mass is 10.1. The summed E-state index contributed by atoms with van der Waals surface area (Å²) in [6, 6.07) is 7.36. The molecule has 3 N–H and O–H groups in total. The van der Waals surface area contributed by atoms with Crippen LogP contribution < -0.4 is 11.1 Å². The van der Waals surface area contributed by atoms with E-state index in [0.717, 1.165) is 0 Å². The van der Waals surface area contributed by atoms with Crippen molar-refractivity contribution in [1.29, 1.82) is 0 Å². The Morgan fingerprint density at radius 2 is 2.14 bits per heavy atom. The number of nitrogen functional groups attached to an aromatic ring is 1. The van der Waals surface area contributed by atoms with E-state index in [1.54, 1.807) is 12.1 Å². The van der Waals surface area contributed by atoms with E-state index in [2.05, 4.69) is 10.3 Å². The second-order valence-corrected chi connectivity index (χ2v) is 4.59. The summed E-state index contributed by atoms with van der Waals surface area (Å²) in [4.78, 5) is 26.4. The number of halogens is 1. The monoisotopic (exact) mass is 306 g/mol. The molecular formula is C13H11ClN4O3. The second-order valence-electron chi connectivity index (χ2n) is 4.15. The molecule has 0 saturated carbocycles. The van der Waals surface area contributed by atoms with E-state index in [-0.39, 0.29) is 23.5 Å². The Morgan fingerprint density at radius 1 is 1.38 bits per heavy atom. The Kier molecular flexibility index (Phi) is 4.34. The van der Waals surface area contributed by atoms with Crippen LogP contribution in [0.5, 0.6) is 0 Å². The second kappa shape index (κ2) is 6.19. The van der Waals surface area contributed by atoms with E-state index < -0.39 is 10.8 Å². The topological polar surface area (TPSA) is 111 Å². The van der Waals surface area contributed by atoms with Crippen LogP contribution in [-0.2, 0) is 6.54 Å². The average molecular weight is 307 g/mol. The lowest BCUT2D eigenvalue weighted by Crippen LogP contribution is -2.25. The minimum Gasteiger partial charge on any atom is -0.398 e. The highest BCUT2D eigenvalue weighted by Gasteiger charge is 2.22. The van der Waals surface area contributed by atoms with Crippen LogP contribution in [0.25, 0.3) is 0 Å². The molecule has 0 unspecified atom stereocenters. The lowest BCUT2D eigenvalue weighted by Gasteiger charge is -2.07. The van der Waals surface area contributed by atoms with Gasteiger partial charge in [0.2, 0.25) is 0 Å². The smallest absolute Gasteiger partial charge is 0.284 e. The fourth-order valence-corrected chi connectivity index (χ4v) is 1.84. The molecule has 108 valence electrons. The van der Waals surface area contributed by atoms with Gasteiger partial charge in [0.1, 0.15) is 5.56 Å². The van der Waals surface area contributed by atoms with Gasteiger partial charge >= 0.3 is 0 Å². The van der Waals surface area contributed by atoms with Gasteiger partial charge in [-0.2, -0.15) is 0 Å². The van der Waals surface area contributed by atoms with Gasteiger partial charge in [-0.15, -0.1) is 0 Å². The fraction of sp³-hybridized carbons (Fsp3) is 0.0769. The number of nitrogens with zero attached hydrogens (tertiary/aromatic N) is 2. The van der Waals surface area contributed by atoms with Gasteiger partial charge in [0.25, 0.3) is 11.6 Å². The molecule has 0 saturated heterocycles. The minimum absolute atomic E-state index is 0.0470. The summed E-state index contributed by atoms with van der Waals surface area (Å²) in [5, 5.41) is 14.0. The molecule has 1 heterocycles. The molecule has 0 spiro atoms. The number of nitro benzene ring substituents is 1. The first-order valence-electron chi connectivity index (χ1n) is 5.90. The van der Waals surface area contributed by atoms with Gasteiger partial charge in [-0.05, 0) is 18.2 Å². The summed E-state index contributed by atoms with van der Waals surface area (Å²) in [7, 11) is 0. The van der Waals surface area contributed by atoms with Gasteiger partial charge in [-0.1, -0.05) is 17.7 Å². The number of carbonyl (C=O) groups is 1. The van der Waals surface area contributed by atoms with Crippen LogP contribution in [0.3, 0.4) is 0 Å². The number of aromatic nitrogens is 1. The number of anilines is 1. The first-order chi connectivity index (χ1) is 9.99. The number of amides is 1. The van der Waals surface area contributed by atoms with Gasteiger partial charge in [0.15, 0.2) is 0 Å². The van der Waals surface area contributed by atoms with Crippen LogP contribution in [0.1, 0.15) is 16.1 Å². The molecule has 1 aromatic carbocycles. The molecule has 8 heteroatoms. The molecule has 0 bridgehead atoms. The quantitative estimate of drug-likeness (QED) is 0.511. The average Bonchev–Trinajstić information content (AvgIpc) is 2.46. The molecule has 0 aliphatic carbocycles. The standard InChI is InChI=1S/C13H11ClN4O3/c14-8-4-5-9(16-6-8)7-17-13(19)12-10(15)2-1-3-11(12)18(20)21/h1-6H,7,15H2,(H,17,19). The van der Waals surface area contributed by atoms with Crippen LogP contribution in [0.4, 0.5) is 11.4 Å². The Bertz CT molecular complexity index is 688. The number of nitrogens with one attached hydrogen (secondary N) is 1. The zero-order valence-electron chi connectivity index (χ0n) is 10.7. The van der Waals surface area contributed by atoms with Crippen LogP contribution in [0, 0.1) is 10.1 Å². The van der Waals surface area contributed by atoms with Crippen molar-refractivity contribution in [1.82, 2.24) is 10.3 Å². The summed E-state index contributed by atoms with van der Waals surface area (Å²) in [5.74, 6) is -0.628. The van der Waals surface area contributed by atoms with Crippen molar-refractivity contribution in [2.24, 2.45) is 0 Å². The first kappa shape index (κ1) is 14.7. The largest absolute Gasteiger partial charge is 0.398 e. The van der Waals surface area contributed by atoms with Crippen molar-refractivity contribution < 1.29 is 9.72 Å². The third-order valence-corrected chi connectivity index (χ3v) is 2.94. The fourth-order valence-electron chi connectivity index (χ4n) is 1.73. The van der Waals surface area contributed by atoms with Gasteiger partial charge in [0, 0.05) is 12.3 Å². The van der Waals surface area contributed by atoms with Gasteiger partial charge in [-0.25, -0.2) is 0 Å². The molecule has 0 fully saturated rings. The molecule has 2 aromatic rings. The Balaban J connectivity index is 2.17. The summed E-state index contributed by atoms with van der Waals surface area (Å²) in [6.45, 7) is 0.113. The van der Waals surface area contributed by atoms with Crippen LogP contribution in [0.2, 0.25) is 5.02 Å². The first-order valence-corrected chi connectivity index (χ1v) is 6.28. The van der Waals surface area contributed by atoms with E-state index in [4.69, 9.17) is 17.3 Å². The molecule has 0 radical (unpaired) electrons. The number of rotatable bonds is 4. The van der Waals surface area contributed by atoms with Crippen molar-refractivity contribution >= 4 is 28.9 Å². The summed E-state index contributed by atoms with van der Waals surface area (Å²) < 4.78 is 0. The van der Waals surface area contributed by atoms with Crippen molar-refractivity contribution in [2.75, 3.05) is 5.73 Å². The Hall–Kier alpha value is -2.67. The number of nitrogens with two attached hydrogens (primary N) is 1. The van der Waals surface area contributed by atoms with E-state index in [1.165, 1.54) is 24.4 Å². The van der Waals surface area contributed by atoms with E-state index in [0.29, 0.717) is 10.7 Å². The van der Waals surface area contributed by atoms with E-state index >= 15 is 0 Å². The molecule has 0 atom stereocenters. The van der Waals surface area contributed by atoms with Crippen LogP contribution in [0.15, 0.2) is 36.5 Å². The van der Waals surface area contributed by atoms with Crippen molar-refractivity contribution in [2.45, 2.75) is 6.54 Å². The number of benzene rings is 1. The molecule has 1 aromatic heterocycles. The van der Waals surface area contributed by atoms with Crippen molar-refractivity contribution in [3.63, 3.8) is 0 Å². The van der Waals surface area contributed by atoms with Gasteiger partial charge < -0.3 is 11.1 Å². The number of carbonyl (C=O) groups excluding carboxylic acids is 1. The number of nitro groups is 1. The predicted molar refractivity (Wildman–Crippen MR) is 77.9 cm³/mol. The normalized spacial score (nSPS) is 10.1.